The molecule has 5 heteroatoms. The Labute approximate surface area is 150 Å². The fraction of sp³-hybridized carbons (Fsp3) is 0.562. The highest BCUT2D eigenvalue weighted by molar-refractivity contribution is 14.0. The molecule has 0 saturated heterocycles. The van der Waals surface area contributed by atoms with E-state index in [1.54, 1.807) is 0 Å². The highest BCUT2D eigenvalue weighted by Crippen LogP contribution is 2.44. The SMILES string of the molecule is CCN(CC)C(N)=NCC1(c2ccc(Cl)cc2)CCC1.I. The summed E-state index contributed by atoms with van der Waals surface area (Å²) in [6.45, 7) is 6.78. The van der Waals surface area contributed by atoms with Gasteiger partial charge < -0.3 is 10.6 Å². The molecule has 1 aliphatic carbocycles. The van der Waals surface area contributed by atoms with E-state index in [1.165, 1.54) is 24.8 Å². The minimum Gasteiger partial charge on any atom is -0.370 e. The number of hydrogen-bond acceptors (Lipinski definition) is 1. The third-order valence-electron chi connectivity index (χ3n) is 4.40. The number of rotatable bonds is 5. The van der Waals surface area contributed by atoms with E-state index in [4.69, 9.17) is 17.3 Å². The van der Waals surface area contributed by atoms with Gasteiger partial charge in [0.15, 0.2) is 5.96 Å². The average molecular weight is 422 g/mol. The smallest absolute Gasteiger partial charge is 0.191 e. The minimum absolute atomic E-state index is 0. The molecule has 1 aromatic rings. The number of hydrogen-bond donors (Lipinski definition) is 1. The van der Waals surface area contributed by atoms with Crippen molar-refractivity contribution in [1.82, 2.24) is 4.90 Å². The molecule has 1 aliphatic rings. The lowest BCUT2D eigenvalue weighted by Gasteiger charge is -2.41. The summed E-state index contributed by atoms with van der Waals surface area (Å²) in [4.78, 5) is 6.74. The largest absolute Gasteiger partial charge is 0.370 e. The van der Waals surface area contributed by atoms with Crippen LogP contribution >= 0.6 is 35.6 Å². The standard InChI is InChI=1S/C16H24ClN3.HI/c1-3-20(4-2)15(18)19-12-16(10-5-11-16)13-6-8-14(17)9-7-13;/h6-9H,3-5,10-12H2,1-2H3,(H2,18,19);1H. The van der Waals surface area contributed by atoms with Crippen LogP contribution in [0.1, 0.15) is 38.7 Å². The number of aliphatic imine (C=N–C) groups is 1. The van der Waals surface area contributed by atoms with E-state index in [9.17, 15) is 0 Å². The second kappa shape index (κ2) is 8.22. The van der Waals surface area contributed by atoms with Crippen LogP contribution in [0, 0.1) is 0 Å². The molecular formula is C16H25ClIN3. The minimum atomic E-state index is 0. The molecule has 118 valence electrons. The third-order valence-corrected chi connectivity index (χ3v) is 4.65. The zero-order valence-corrected chi connectivity index (χ0v) is 15.9. The highest BCUT2D eigenvalue weighted by Gasteiger charge is 2.38. The highest BCUT2D eigenvalue weighted by atomic mass is 127. The summed E-state index contributed by atoms with van der Waals surface area (Å²) >= 11 is 5.98. The van der Waals surface area contributed by atoms with Crippen LogP contribution in [0.5, 0.6) is 0 Å². The molecule has 0 aliphatic heterocycles. The number of benzene rings is 1. The van der Waals surface area contributed by atoms with Crippen molar-refractivity contribution in [2.24, 2.45) is 10.7 Å². The Morgan fingerprint density at radius 1 is 1.24 bits per heavy atom. The first-order valence-corrected chi connectivity index (χ1v) is 7.80. The molecule has 0 radical (unpaired) electrons. The van der Waals surface area contributed by atoms with Crippen molar-refractivity contribution in [3.05, 3.63) is 34.9 Å². The van der Waals surface area contributed by atoms with Gasteiger partial charge in [0.05, 0.1) is 6.54 Å². The van der Waals surface area contributed by atoms with Crippen molar-refractivity contribution >= 4 is 41.5 Å². The third kappa shape index (κ3) is 4.25. The van der Waals surface area contributed by atoms with Crippen molar-refractivity contribution in [3.8, 4) is 0 Å². The topological polar surface area (TPSA) is 41.6 Å². The van der Waals surface area contributed by atoms with Crippen LogP contribution in [-0.4, -0.2) is 30.5 Å². The van der Waals surface area contributed by atoms with E-state index in [-0.39, 0.29) is 29.4 Å². The van der Waals surface area contributed by atoms with Gasteiger partial charge in [0.2, 0.25) is 0 Å². The van der Waals surface area contributed by atoms with Gasteiger partial charge in [0, 0.05) is 23.5 Å². The number of guanidine groups is 1. The van der Waals surface area contributed by atoms with Crippen LogP contribution in [0.4, 0.5) is 0 Å². The number of nitrogens with zero attached hydrogens (tertiary/aromatic N) is 2. The van der Waals surface area contributed by atoms with Crippen LogP contribution < -0.4 is 5.73 Å². The second-order valence-corrected chi connectivity index (χ2v) is 5.92. The molecule has 0 spiro atoms. The van der Waals surface area contributed by atoms with Gasteiger partial charge in [-0.05, 0) is 44.4 Å². The normalized spacial score (nSPS) is 16.8. The predicted octanol–water partition coefficient (Wildman–Crippen LogP) is 4.04. The van der Waals surface area contributed by atoms with Crippen LogP contribution in [0.15, 0.2) is 29.3 Å². The van der Waals surface area contributed by atoms with Crippen molar-refractivity contribution in [2.45, 2.75) is 38.5 Å². The van der Waals surface area contributed by atoms with Crippen molar-refractivity contribution in [2.75, 3.05) is 19.6 Å². The van der Waals surface area contributed by atoms with E-state index < -0.39 is 0 Å². The lowest BCUT2D eigenvalue weighted by atomic mass is 9.64. The molecule has 21 heavy (non-hydrogen) atoms. The van der Waals surface area contributed by atoms with Gasteiger partial charge in [-0.15, -0.1) is 24.0 Å². The summed E-state index contributed by atoms with van der Waals surface area (Å²) in [5, 5.41) is 0.786. The van der Waals surface area contributed by atoms with Crippen LogP contribution in [0.2, 0.25) is 5.02 Å². The van der Waals surface area contributed by atoms with Gasteiger partial charge in [0.25, 0.3) is 0 Å². The first kappa shape index (κ1) is 18.6. The Bertz CT molecular complexity index is 465. The van der Waals surface area contributed by atoms with Crippen molar-refractivity contribution in [3.63, 3.8) is 0 Å². The summed E-state index contributed by atoms with van der Waals surface area (Å²) in [5.74, 6) is 0.662. The maximum Gasteiger partial charge on any atom is 0.191 e. The molecule has 1 fully saturated rings. The van der Waals surface area contributed by atoms with Crippen molar-refractivity contribution in [1.29, 1.82) is 0 Å². The molecule has 3 nitrogen and oxygen atoms in total. The fourth-order valence-corrected chi connectivity index (χ4v) is 2.95. The predicted molar refractivity (Wildman–Crippen MR) is 102 cm³/mol. The van der Waals surface area contributed by atoms with Gasteiger partial charge >= 0.3 is 0 Å². The van der Waals surface area contributed by atoms with Crippen molar-refractivity contribution < 1.29 is 0 Å². The van der Waals surface area contributed by atoms with Gasteiger partial charge in [-0.2, -0.15) is 0 Å². The molecule has 0 unspecified atom stereocenters. The number of nitrogens with two attached hydrogens (primary N) is 1. The van der Waals surface area contributed by atoms with Crippen LogP contribution in [0.25, 0.3) is 0 Å². The van der Waals surface area contributed by atoms with E-state index >= 15 is 0 Å². The molecule has 1 saturated carbocycles. The zero-order chi connectivity index (χ0) is 14.6. The maximum absolute atomic E-state index is 6.08. The molecule has 2 N–H and O–H groups in total. The van der Waals surface area contributed by atoms with E-state index in [0.717, 1.165) is 24.7 Å². The molecule has 0 heterocycles. The van der Waals surface area contributed by atoms with E-state index in [2.05, 4.69) is 35.9 Å². The lowest BCUT2D eigenvalue weighted by Crippen LogP contribution is -2.41. The Morgan fingerprint density at radius 2 is 1.81 bits per heavy atom. The Hall–Kier alpha value is -0.490. The first-order valence-electron chi connectivity index (χ1n) is 7.42. The molecule has 1 aromatic carbocycles. The summed E-state index contributed by atoms with van der Waals surface area (Å²) in [6.07, 6.45) is 3.64. The molecule has 0 amide bonds. The summed E-state index contributed by atoms with van der Waals surface area (Å²) in [5.41, 5.74) is 7.59. The monoisotopic (exact) mass is 421 g/mol. The molecular weight excluding hydrogens is 397 g/mol. The van der Waals surface area contributed by atoms with Gasteiger partial charge in [0.1, 0.15) is 0 Å². The number of halogens is 2. The summed E-state index contributed by atoms with van der Waals surface area (Å²) in [6, 6.07) is 8.19. The van der Waals surface area contributed by atoms with E-state index in [1.807, 2.05) is 12.1 Å². The Morgan fingerprint density at radius 3 is 2.24 bits per heavy atom. The Balaban J connectivity index is 0.00000220. The quantitative estimate of drug-likeness (QED) is 0.443. The maximum atomic E-state index is 6.08. The van der Waals surface area contributed by atoms with Crippen LogP contribution in [-0.2, 0) is 5.41 Å². The van der Waals surface area contributed by atoms with Gasteiger partial charge in [-0.1, -0.05) is 30.2 Å². The molecule has 0 atom stereocenters. The lowest BCUT2D eigenvalue weighted by molar-refractivity contribution is 0.252. The molecule has 0 aromatic heterocycles. The fourth-order valence-electron chi connectivity index (χ4n) is 2.83. The van der Waals surface area contributed by atoms with Crippen LogP contribution in [0.3, 0.4) is 0 Å². The van der Waals surface area contributed by atoms with Gasteiger partial charge in [-0.3, -0.25) is 4.99 Å². The van der Waals surface area contributed by atoms with Gasteiger partial charge in [-0.25, -0.2) is 0 Å². The molecule has 2 rings (SSSR count). The summed E-state index contributed by atoms with van der Waals surface area (Å²) < 4.78 is 0. The second-order valence-electron chi connectivity index (χ2n) is 5.49. The van der Waals surface area contributed by atoms with E-state index in [0.29, 0.717) is 5.96 Å². The summed E-state index contributed by atoms with van der Waals surface area (Å²) in [7, 11) is 0. The Kier molecular flexibility index (Phi) is 7.27. The average Bonchev–Trinajstić information content (AvgIpc) is 2.41. The zero-order valence-electron chi connectivity index (χ0n) is 12.8. The molecule has 0 bridgehead atoms. The first-order chi connectivity index (χ1) is 9.61.